The van der Waals surface area contributed by atoms with E-state index in [1.54, 1.807) is 0 Å². The van der Waals surface area contributed by atoms with Gasteiger partial charge in [-0.3, -0.25) is 10.1 Å². The number of sulfonamides is 1. The smallest absolute Gasteiger partial charge is 0.270 e. The highest BCUT2D eigenvalue weighted by Crippen LogP contribution is 2.32. The summed E-state index contributed by atoms with van der Waals surface area (Å²) in [5.74, 6) is 0.654. The number of nitro benzene ring substituents is 1. The van der Waals surface area contributed by atoms with Gasteiger partial charge in [-0.2, -0.15) is 0 Å². The molecule has 0 unspecified atom stereocenters. The molecule has 0 spiro atoms. The lowest BCUT2D eigenvalue weighted by atomic mass is 9.96. The van der Waals surface area contributed by atoms with Gasteiger partial charge in [0.1, 0.15) is 4.90 Å². The number of non-ortho nitro benzene ring substituents is 1. The van der Waals surface area contributed by atoms with Crippen molar-refractivity contribution in [1.29, 1.82) is 0 Å². The Morgan fingerprint density at radius 1 is 1.35 bits per heavy atom. The minimum Gasteiger partial charge on any atom is -0.370 e. The molecule has 0 aromatic heterocycles. The van der Waals surface area contributed by atoms with Gasteiger partial charge in [0.15, 0.2) is 0 Å². The van der Waals surface area contributed by atoms with E-state index in [0.717, 1.165) is 44.8 Å². The number of hydrogen-bond donors (Lipinski definition) is 1. The number of primary sulfonamides is 1. The Balaban J connectivity index is 2.33. The van der Waals surface area contributed by atoms with Gasteiger partial charge in [-0.25, -0.2) is 13.6 Å². The molecule has 1 aliphatic rings. The summed E-state index contributed by atoms with van der Waals surface area (Å²) < 4.78 is 23.7. The van der Waals surface area contributed by atoms with Crippen molar-refractivity contribution in [2.45, 2.75) is 43.9 Å². The fourth-order valence-corrected chi connectivity index (χ4v) is 3.98. The van der Waals surface area contributed by atoms with E-state index in [0.29, 0.717) is 11.6 Å². The van der Waals surface area contributed by atoms with Gasteiger partial charge in [0.25, 0.3) is 5.69 Å². The maximum atomic E-state index is 11.9. The van der Waals surface area contributed by atoms with Crippen LogP contribution in [0, 0.1) is 16.0 Å². The maximum absolute atomic E-state index is 11.9. The summed E-state index contributed by atoms with van der Waals surface area (Å²) in [6.45, 7) is 3.64. The van der Waals surface area contributed by atoms with E-state index in [-0.39, 0.29) is 10.6 Å². The molecule has 0 aliphatic carbocycles. The number of nitrogens with zero attached hydrogens (tertiary/aromatic N) is 2. The van der Waals surface area contributed by atoms with Crippen LogP contribution in [-0.4, -0.2) is 26.4 Å². The van der Waals surface area contributed by atoms with Crippen LogP contribution < -0.4 is 10.0 Å². The van der Waals surface area contributed by atoms with Crippen molar-refractivity contribution >= 4 is 21.4 Å². The first-order valence-corrected chi connectivity index (χ1v) is 9.43. The maximum Gasteiger partial charge on any atom is 0.270 e. The predicted molar refractivity (Wildman–Crippen MR) is 88.9 cm³/mol. The SMILES string of the molecule is CCC[C@@H]1CCCN(c2ccc([N+](=O)[O-])cc2S(N)(=O)=O)CC1. The first kappa shape index (κ1) is 17.7. The summed E-state index contributed by atoms with van der Waals surface area (Å²) >= 11 is 0. The normalized spacial score (nSPS) is 19.4. The van der Waals surface area contributed by atoms with E-state index in [1.165, 1.54) is 18.6 Å². The monoisotopic (exact) mass is 341 g/mol. The van der Waals surface area contributed by atoms with E-state index in [9.17, 15) is 18.5 Å². The molecule has 2 rings (SSSR count). The molecule has 1 aliphatic heterocycles. The predicted octanol–water partition coefficient (Wildman–Crippen LogP) is 2.65. The third-order valence-corrected chi connectivity index (χ3v) is 5.29. The molecule has 1 heterocycles. The minimum absolute atomic E-state index is 0.166. The van der Waals surface area contributed by atoms with Crippen LogP contribution in [0.3, 0.4) is 0 Å². The van der Waals surface area contributed by atoms with Gasteiger partial charge >= 0.3 is 0 Å². The van der Waals surface area contributed by atoms with Crippen molar-refractivity contribution in [2.24, 2.45) is 11.1 Å². The molecule has 23 heavy (non-hydrogen) atoms. The van der Waals surface area contributed by atoms with Crippen molar-refractivity contribution < 1.29 is 13.3 Å². The van der Waals surface area contributed by atoms with E-state index in [4.69, 9.17) is 5.14 Å². The highest BCUT2D eigenvalue weighted by atomic mass is 32.2. The number of hydrogen-bond acceptors (Lipinski definition) is 5. The number of rotatable bonds is 5. The molecule has 1 saturated heterocycles. The summed E-state index contributed by atoms with van der Waals surface area (Å²) in [4.78, 5) is 12.1. The molecular weight excluding hydrogens is 318 g/mol. The topological polar surface area (TPSA) is 107 Å². The van der Waals surface area contributed by atoms with Gasteiger partial charge in [-0.15, -0.1) is 0 Å². The van der Waals surface area contributed by atoms with E-state index in [2.05, 4.69) is 6.92 Å². The van der Waals surface area contributed by atoms with Gasteiger partial charge in [0.05, 0.1) is 10.6 Å². The second-order valence-corrected chi connectivity index (χ2v) is 7.56. The molecule has 2 N–H and O–H groups in total. The average Bonchev–Trinajstić information content (AvgIpc) is 2.72. The molecule has 1 aromatic rings. The van der Waals surface area contributed by atoms with E-state index < -0.39 is 14.9 Å². The third kappa shape index (κ3) is 4.42. The average molecular weight is 341 g/mol. The Morgan fingerprint density at radius 2 is 2.09 bits per heavy atom. The lowest BCUT2D eigenvalue weighted by Crippen LogP contribution is -2.27. The van der Waals surface area contributed by atoms with Crippen molar-refractivity contribution in [2.75, 3.05) is 18.0 Å². The highest BCUT2D eigenvalue weighted by Gasteiger charge is 2.24. The van der Waals surface area contributed by atoms with Crippen LogP contribution in [0.4, 0.5) is 11.4 Å². The van der Waals surface area contributed by atoms with Crippen molar-refractivity contribution in [1.82, 2.24) is 0 Å². The zero-order valence-corrected chi connectivity index (χ0v) is 14.1. The number of anilines is 1. The Morgan fingerprint density at radius 3 is 2.70 bits per heavy atom. The van der Waals surface area contributed by atoms with Crippen LogP contribution >= 0.6 is 0 Å². The summed E-state index contributed by atoms with van der Waals surface area (Å²) in [5.41, 5.74) is 0.201. The molecule has 128 valence electrons. The van der Waals surface area contributed by atoms with Crippen LogP contribution in [-0.2, 0) is 10.0 Å². The molecular formula is C15H23N3O4S. The Hall–Kier alpha value is -1.67. The van der Waals surface area contributed by atoms with Gasteiger partial charge < -0.3 is 4.90 Å². The van der Waals surface area contributed by atoms with Crippen LogP contribution in [0.2, 0.25) is 0 Å². The summed E-state index contributed by atoms with van der Waals surface area (Å²) in [7, 11) is -4.02. The molecule has 1 fully saturated rings. The molecule has 0 bridgehead atoms. The van der Waals surface area contributed by atoms with Crippen molar-refractivity contribution in [3.63, 3.8) is 0 Å². The second kappa shape index (κ2) is 7.27. The van der Waals surface area contributed by atoms with Gasteiger partial charge in [0.2, 0.25) is 10.0 Å². The molecule has 0 radical (unpaired) electrons. The molecule has 8 heteroatoms. The van der Waals surface area contributed by atoms with Crippen LogP contribution in [0.5, 0.6) is 0 Å². The third-order valence-electron chi connectivity index (χ3n) is 4.35. The van der Waals surface area contributed by atoms with Crippen LogP contribution in [0.15, 0.2) is 23.1 Å². The fourth-order valence-electron chi connectivity index (χ4n) is 3.21. The fraction of sp³-hybridized carbons (Fsp3) is 0.600. The highest BCUT2D eigenvalue weighted by molar-refractivity contribution is 7.89. The zero-order valence-electron chi connectivity index (χ0n) is 13.3. The first-order chi connectivity index (χ1) is 10.8. The lowest BCUT2D eigenvalue weighted by Gasteiger charge is -2.24. The molecule has 1 atom stereocenters. The number of benzene rings is 1. The van der Waals surface area contributed by atoms with E-state index in [1.807, 2.05) is 4.90 Å². The first-order valence-electron chi connectivity index (χ1n) is 7.89. The van der Waals surface area contributed by atoms with Gasteiger partial charge in [-0.05, 0) is 31.2 Å². The molecule has 0 saturated carbocycles. The molecule has 0 amide bonds. The molecule has 7 nitrogen and oxygen atoms in total. The Labute approximate surface area is 136 Å². The minimum atomic E-state index is -4.02. The van der Waals surface area contributed by atoms with E-state index >= 15 is 0 Å². The van der Waals surface area contributed by atoms with Crippen molar-refractivity contribution in [3.05, 3.63) is 28.3 Å². The standard InChI is InChI=1S/C15H23N3O4S/c1-2-4-12-5-3-9-17(10-8-12)14-7-6-13(18(19)20)11-15(14)23(16,21)22/h6-7,11-12H,2-5,8-10H2,1H3,(H2,16,21,22)/t12-/m1/s1. The zero-order chi connectivity index (χ0) is 17.0. The van der Waals surface area contributed by atoms with Gasteiger partial charge in [-0.1, -0.05) is 19.8 Å². The van der Waals surface area contributed by atoms with Crippen LogP contribution in [0.25, 0.3) is 0 Å². The quantitative estimate of drug-likeness (QED) is 0.654. The van der Waals surface area contributed by atoms with Crippen LogP contribution in [0.1, 0.15) is 39.0 Å². The second-order valence-electron chi connectivity index (χ2n) is 6.03. The molecule has 1 aromatic carbocycles. The van der Waals surface area contributed by atoms with Gasteiger partial charge in [0, 0.05) is 25.2 Å². The lowest BCUT2D eigenvalue weighted by molar-refractivity contribution is -0.385. The Bertz CT molecular complexity index is 675. The Kier molecular flexibility index (Phi) is 5.59. The number of nitrogens with two attached hydrogens (primary N) is 1. The summed E-state index contributed by atoms with van der Waals surface area (Å²) in [6, 6.07) is 3.88. The number of nitro groups is 1. The largest absolute Gasteiger partial charge is 0.370 e. The van der Waals surface area contributed by atoms with Crippen molar-refractivity contribution in [3.8, 4) is 0 Å². The summed E-state index contributed by atoms with van der Waals surface area (Å²) in [5, 5.41) is 16.2. The summed E-state index contributed by atoms with van der Waals surface area (Å²) in [6.07, 6.45) is 5.42.